The van der Waals surface area contributed by atoms with Crippen LogP contribution in [0, 0.1) is 5.82 Å². The van der Waals surface area contributed by atoms with Gasteiger partial charge in [-0.05, 0) is 31.0 Å². The van der Waals surface area contributed by atoms with E-state index in [9.17, 15) is 4.39 Å². The monoisotopic (exact) mass is 295 g/mol. The Morgan fingerprint density at radius 2 is 2.25 bits per heavy atom. The lowest BCUT2D eigenvalue weighted by Crippen LogP contribution is -2.26. The largest absolute Gasteiger partial charge is 0.337 e. The Bertz CT molecular complexity index is 568. The number of hydrogen-bond acceptors (Lipinski definition) is 2. The van der Waals surface area contributed by atoms with Gasteiger partial charge >= 0.3 is 0 Å². The van der Waals surface area contributed by atoms with Gasteiger partial charge in [0.05, 0.1) is 11.1 Å². The lowest BCUT2D eigenvalue weighted by Gasteiger charge is -2.19. The van der Waals surface area contributed by atoms with E-state index >= 15 is 0 Å². The molecule has 0 radical (unpaired) electrons. The van der Waals surface area contributed by atoms with Gasteiger partial charge in [0, 0.05) is 19.4 Å². The van der Waals surface area contributed by atoms with Gasteiger partial charge in [0.2, 0.25) is 0 Å². The van der Waals surface area contributed by atoms with Crippen LogP contribution in [0.25, 0.3) is 0 Å². The van der Waals surface area contributed by atoms with Gasteiger partial charge in [-0.1, -0.05) is 30.7 Å². The molecule has 1 aromatic carbocycles. The van der Waals surface area contributed by atoms with Gasteiger partial charge in [-0.3, -0.25) is 0 Å². The van der Waals surface area contributed by atoms with Crippen molar-refractivity contribution in [3.63, 3.8) is 0 Å². The predicted octanol–water partition coefficient (Wildman–Crippen LogP) is 3.50. The lowest BCUT2D eigenvalue weighted by molar-refractivity contribution is 0.490. The van der Waals surface area contributed by atoms with E-state index in [0.717, 1.165) is 24.4 Å². The molecule has 2 aromatic rings. The zero-order valence-electron chi connectivity index (χ0n) is 11.7. The van der Waals surface area contributed by atoms with Crippen LogP contribution in [0.4, 0.5) is 4.39 Å². The molecule has 1 N–H and O–H groups in total. The lowest BCUT2D eigenvalue weighted by atomic mass is 10.0. The number of hydrogen-bond donors (Lipinski definition) is 1. The molecule has 20 heavy (non-hydrogen) atoms. The van der Waals surface area contributed by atoms with Crippen LogP contribution in [-0.2, 0) is 13.5 Å². The second-order valence-electron chi connectivity index (χ2n) is 4.82. The second kappa shape index (κ2) is 6.86. The third-order valence-corrected chi connectivity index (χ3v) is 3.69. The molecule has 0 bridgehead atoms. The maximum Gasteiger partial charge on any atom is 0.142 e. The fourth-order valence-electron chi connectivity index (χ4n) is 2.21. The number of aromatic nitrogens is 2. The van der Waals surface area contributed by atoms with Gasteiger partial charge in [-0.15, -0.1) is 0 Å². The van der Waals surface area contributed by atoms with Crippen LogP contribution in [0.3, 0.4) is 0 Å². The summed E-state index contributed by atoms with van der Waals surface area (Å²) in [5, 5.41) is 3.64. The van der Waals surface area contributed by atoms with Crippen molar-refractivity contribution >= 4 is 11.6 Å². The Hall–Kier alpha value is -1.39. The fraction of sp³-hybridized carbons (Fsp3) is 0.400. The van der Waals surface area contributed by atoms with Crippen LogP contribution in [0.5, 0.6) is 0 Å². The van der Waals surface area contributed by atoms with Gasteiger partial charge < -0.3 is 9.88 Å². The van der Waals surface area contributed by atoms with Gasteiger partial charge in [-0.25, -0.2) is 9.37 Å². The molecule has 5 heteroatoms. The normalized spacial score (nSPS) is 12.6. The summed E-state index contributed by atoms with van der Waals surface area (Å²) < 4.78 is 15.5. The smallest absolute Gasteiger partial charge is 0.142 e. The van der Waals surface area contributed by atoms with Crippen LogP contribution >= 0.6 is 11.6 Å². The van der Waals surface area contributed by atoms with Crippen LogP contribution < -0.4 is 5.32 Å². The highest BCUT2D eigenvalue weighted by atomic mass is 35.5. The standard InChI is InChI=1S/C15H19ClFN3/c1-3-7-18-13(15-19-8-9-20(15)2)10-11-5-4-6-12(17)14(11)16/h4-6,8-9,13,18H,3,7,10H2,1-2H3. The van der Waals surface area contributed by atoms with E-state index in [2.05, 4.69) is 17.2 Å². The minimum atomic E-state index is -0.377. The van der Waals surface area contributed by atoms with Crippen molar-refractivity contribution in [2.75, 3.05) is 6.54 Å². The SMILES string of the molecule is CCCNC(Cc1cccc(F)c1Cl)c1nccn1C. The van der Waals surface area contributed by atoms with Gasteiger partial charge in [0.25, 0.3) is 0 Å². The topological polar surface area (TPSA) is 29.9 Å². The first kappa shape index (κ1) is 15.0. The average Bonchev–Trinajstić information content (AvgIpc) is 2.85. The second-order valence-corrected chi connectivity index (χ2v) is 5.20. The molecule has 0 spiro atoms. The first-order chi connectivity index (χ1) is 9.63. The highest BCUT2D eigenvalue weighted by Gasteiger charge is 2.18. The highest BCUT2D eigenvalue weighted by molar-refractivity contribution is 6.31. The third-order valence-electron chi connectivity index (χ3n) is 3.27. The van der Waals surface area contributed by atoms with Crippen molar-refractivity contribution in [3.8, 4) is 0 Å². The number of benzene rings is 1. The van der Waals surface area contributed by atoms with Crippen molar-refractivity contribution < 1.29 is 4.39 Å². The van der Waals surface area contributed by atoms with Crippen LogP contribution in [-0.4, -0.2) is 16.1 Å². The molecule has 108 valence electrons. The van der Waals surface area contributed by atoms with E-state index in [1.807, 2.05) is 23.9 Å². The molecule has 1 atom stereocenters. The number of halogens is 2. The molecule has 1 aromatic heterocycles. The Labute approximate surface area is 123 Å². The molecule has 0 aliphatic rings. The van der Waals surface area contributed by atoms with E-state index in [1.54, 1.807) is 12.3 Å². The van der Waals surface area contributed by atoms with E-state index in [0.29, 0.717) is 6.42 Å². The van der Waals surface area contributed by atoms with E-state index in [1.165, 1.54) is 6.07 Å². The number of imidazole rings is 1. The van der Waals surface area contributed by atoms with E-state index < -0.39 is 0 Å². The first-order valence-corrected chi connectivity index (χ1v) is 7.14. The summed E-state index contributed by atoms with van der Waals surface area (Å²) in [5.74, 6) is 0.553. The van der Waals surface area contributed by atoms with Gasteiger partial charge in [0.15, 0.2) is 0 Å². The first-order valence-electron chi connectivity index (χ1n) is 6.77. The number of rotatable bonds is 6. The molecule has 0 amide bonds. The minimum Gasteiger partial charge on any atom is -0.337 e. The highest BCUT2D eigenvalue weighted by Crippen LogP contribution is 2.25. The van der Waals surface area contributed by atoms with Crippen molar-refractivity contribution in [3.05, 3.63) is 52.8 Å². The molecule has 0 aliphatic heterocycles. The molecular weight excluding hydrogens is 277 g/mol. The van der Waals surface area contributed by atoms with E-state index in [-0.39, 0.29) is 16.9 Å². The molecule has 1 heterocycles. The quantitative estimate of drug-likeness (QED) is 0.884. The van der Waals surface area contributed by atoms with Crippen LogP contribution in [0.15, 0.2) is 30.6 Å². The molecular formula is C15H19ClFN3. The number of aryl methyl sites for hydroxylation is 1. The van der Waals surface area contributed by atoms with Crippen molar-refractivity contribution in [2.45, 2.75) is 25.8 Å². The van der Waals surface area contributed by atoms with Gasteiger partial charge in [0.1, 0.15) is 11.6 Å². The van der Waals surface area contributed by atoms with Crippen LogP contribution in [0.2, 0.25) is 5.02 Å². The third kappa shape index (κ3) is 3.38. The Morgan fingerprint density at radius 3 is 2.90 bits per heavy atom. The van der Waals surface area contributed by atoms with Gasteiger partial charge in [-0.2, -0.15) is 0 Å². The maximum atomic E-state index is 13.5. The molecule has 0 saturated heterocycles. The predicted molar refractivity (Wildman–Crippen MR) is 79.4 cm³/mol. The van der Waals surface area contributed by atoms with E-state index in [4.69, 9.17) is 11.6 Å². The summed E-state index contributed by atoms with van der Waals surface area (Å²) in [6.45, 7) is 2.99. The maximum absolute atomic E-state index is 13.5. The molecule has 3 nitrogen and oxygen atoms in total. The summed E-state index contributed by atoms with van der Waals surface area (Å²) in [6.07, 6.45) is 5.31. The fourth-order valence-corrected chi connectivity index (χ4v) is 2.42. The zero-order valence-corrected chi connectivity index (χ0v) is 12.5. The summed E-state index contributed by atoms with van der Waals surface area (Å²) in [4.78, 5) is 4.38. The molecule has 0 saturated carbocycles. The molecule has 2 rings (SSSR count). The Morgan fingerprint density at radius 1 is 1.45 bits per heavy atom. The Kier molecular flexibility index (Phi) is 5.15. The van der Waals surface area contributed by atoms with Crippen molar-refractivity contribution in [1.29, 1.82) is 0 Å². The zero-order chi connectivity index (χ0) is 14.5. The number of nitrogens with zero attached hydrogens (tertiary/aromatic N) is 2. The summed E-state index contributed by atoms with van der Waals surface area (Å²) >= 11 is 6.04. The number of nitrogens with one attached hydrogen (secondary N) is 1. The van der Waals surface area contributed by atoms with Crippen molar-refractivity contribution in [2.24, 2.45) is 7.05 Å². The summed E-state index contributed by atoms with van der Waals surface area (Å²) in [7, 11) is 1.95. The molecule has 0 aliphatic carbocycles. The summed E-state index contributed by atoms with van der Waals surface area (Å²) in [6, 6.07) is 4.94. The molecule has 0 fully saturated rings. The average molecular weight is 296 g/mol. The summed E-state index contributed by atoms with van der Waals surface area (Å²) in [5.41, 5.74) is 0.795. The molecule has 1 unspecified atom stereocenters. The van der Waals surface area contributed by atoms with Crippen LogP contribution in [0.1, 0.15) is 30.8 Å². The minimum absolute atomic E-state index is 0.0225. The Balaban J connectivity index is 2.24. The van der Waals surface area contributed by atoms with Crippen molar-refractivity contribution in [1.82, 2.24) is 14.9 Å².